The van der Waals surface area contributed by atoms with Crippen LogP contribution in [-0.2, 0) is 0 Å². The highest BCUT2D eigenvalue weighted by Crippen LogP contribution is 2.26. The Morgan fingerprint density at radius 3 is 2.92 bits per heavy atom. The van der Waals surface area contributed by atoms with Crippen LogP contribution < -0.4 is 0 Å². The number of rotatable bonds is 0. The van der Waals surface area contributed by atoms with Gasteiger partial charge >= 0.3 is 0 Å². The number of nitriles is 1. The van der Waals surface area contributed by atoms with E-state index < -0.39 is 0 Å². The van der Waals surface area contributed by atoms with Gasteiger partial charge in [0.05, 0.1) is 10.3 Å². The van der Waals surface area contributed by atoms with E-state index in [4.69, 9.17) is 5.26 Å². The van der Waals surface area contributed by atoms with Gasteiger partial charge in [0.2, 0.25) is 0 Å². The summed E-state index contributed by atoms with van der Waals surface area (Å²) in [6.07, 6.45) is 0. The van der Waals surface area contributed by atoms with Gasteiger partial charge in [-0.2, -0.15) is 5.26 Å². The van der Waals surface area contributed by atoms with Gasteiger partial charge in [-0.05, 0) is 29.3 Å². The Bertz CT molecular complexity index is 462. The van der Waals surface area contributed by atoms with Gasteiger partial charge in [-0.3, -0.25) is 0 Å². The molecule has 0 saturated heterocycles. The maximum absolute atomic E-state index is 8.89. The molecule has 1 nitrogen and oxygen atoms in total. The normalized spacial score (nSPS) is 10.0. The van der Waals surface area contributed by atoms with Gasteiger partial charge in [0.15, 0.2) is 0 Å². The molecule has 0 radical (unpaired) electrons. The smallest absolute Gasteiger partial charge is 0.101 e. The molecule has 0 aliphatic rings. The van der Waals surface area contributed by atoms with Gasteiger partial charge in [0, 0.05) is 0 Å². The fraction of sp³-hybridized carbons (Fsp3) is 0.100. The zero-order valence-corrected chi connectivity index (χ0v) is 7.48. The molecule has 2 aromatic rings. The molecule has 58 valence electrons. The minimum Gasteiger partial charge on any atom is -0.192 e. The highest BCUT2D eigenvalue weighted by Gasteiger charge is 2.03. The number of fused-ring (bicyclic) bond motifs is 1. The fourth-order valence-electron chi connectivity index (χ4n) is 1.27. The molecule has 0 atom stereocenters. The number of aryl methyl sites for hydroxylation is 1. The molecular formula is C10H7NS. The average Bonchev–Trinajstić information content (AvgIpc) is 2.52. The lowest BCUT2D eigenvalue weighted by molar-refractivity contribution is 1.43. The first-order valence-corrected chi connectivity index (χ1v) is 4.58. The summed E-state index contributed by atoms with van der Waals surface area (Å²) in [5, 5.41) is 12.1. The summed E-state index contributed by atoms with van der Waals surface area (Å²) in [5.41, 5.74) is 1.88. The third-order valence-corrected chi connectivity index (χ3v) is 2.89. The van der Waals surface area contributed by atoms with Crippen LogP contribution in [0.2, 0.25) is 0 Å². The predicted molar refractivity (Wildman–Crippen MR) is 51.3 cm³/mol. The first kappa shape index (κ1) is 7.33. The van der Waals surface area contributed by atoms with Gasteiger partial charge in [0.25, 0.3) is 0 Å². The van der Waals surface area contributed by atoms with E-state index >= 15 is 0 Å². The van der Waals surface area contributed by atoms with Gasteiger partial charge in [-0.15, -0.1) is 11.3 Å². The second-order valence-electron chi connectivity index (χ2n) is 2.71. The minimum atomic E-state index is 0.822. The summed E-state index contributed by atoms with van der Waals surface area (Å²) in [4.78, 5) is 0. The third kappa shape index (κ3) is 0.910. The van der Waals surface area contributed by atoms with Gasteiger partial charge in [-0.1, -0.05) is 12.1 Å². The van der Waals surface area contributed by atoms with Crippen molar-refractivity contribution in [3.8, 4) is 6.07 Å². The quantitative estimate of drug-likeness (QED) is 0.600. The van der Waals surface area contributed by atoms with Crippen molar-refractivity contribution in [1.29, 1.82) is 5.26 Å². The van der Waals surface area contributed by atoms with Crippen LogP contribution in [-0.4, -0.2) is 0 Å². The van der Waals surface area contributed by atoms with E-state index in [-0.39, 0.29) is 0 Å². The molecule has 0 amide bonds. The fourth-order valence-corrected chi connectivity index (χ4v) is 2.22. The van der Waals surface area contributed by atoms with E-state index in [1.54, 1.807) is 11.3 Å². The molecule has 0 aliphatic heterocycles. The standard InChI is InChI=1S/C10H7NS/c1-7-2-3-8-4-5-12-10(8)9(7)6-11/h2-5H,1H3. The van der Waals surface area contributed by atoms with E-state index in [0.717, 1.165) is 15.8 Å². The molecule has 0 bridgehead atoms. The molecule has 0 saturated carbocycles. The molecule has 1 heterocycles. The summed E-state index contributed by atoms with van der Waals surface area (Å²) in [5.74, 6) is 0. The molecule has 2 rings (SSSR count). The topological polar surface area (TPSA) is 23.8 Å². The second-order valence-corrected chi connectivity index (χ2v) is 3.62. The highest BCUT2D eigenvalue weighted by molar-refractivity contribution is 7.17. The molecule has 2 heteroatoms. The molecular weight excluding hydrogens is 166 g/mol. The van der Waals surface area contributed by atoms with Crippen molar-refractivity contribution >= 4 is 21.4 Å². The van der Waals surface area contributed by atoms with Gasteiger partial charge in [0.1, 0.15) is 6.07 Å². The van der Waals surface area contributed by atoms with Crippen LogP contribution in [0, 0.1) is 18.3 Å². The summed E-state index contributed by atoms with van der Waals surface area (Å²) < 4.78 is 1.11. The Labute approximate surface area is 74.9 Å². The van der Waals surface area contributed by atoms with Crippen LogP contribution in [0.5, 0.6) is 0 Å². The number of thiophene rings is 1. The van der Waals surface area contributed by atoms with E-state index in [1.807, 2.05) is 24.4 Å². The SMILES string of the molecule is Cc1ccc2ccsc2c1C#N. The van der Waals surface area contributed by atoms with Crippen molar-refractivity contribution in [1.82, 2.24) is 0 Å². The Morgan fingerprint density at radius 2 is 2.17 bits per heavy atom. The number of nitrogens with zero attached hydrogens (tertiary/aromatic N) is 1. The Hall–Kier alpha value is -1.33. The maximum Gasteiger partial charge on any atom is 0.101 e. The van der Waals surface area contributed by atoms with Crippen LogP contribution in [0.4, 0.5) is 0 Å². The van der Waals surface area contributed by atoms with Crippen LogP contribution in [0.1, 0.15) is 11.1 Å². The average molecular weight is 173 g/mol. The molecule has 12 heavy (non-hydrogen) atoms. The molecule has 1 aromatic heterocycles. The summed E-state index contributed by atoms with van der Waals surface area (Å²) in [6, 6.07) is 8.33. The van der Waals surface area contributed by atoms with Crippen LogP contribution in [0.15, 0.2) is 23.6 Å². The van der Waals surface area contributed by atoms with Crippen molar-refractivity contribution in [2.75, 3.05) is 0 Å². The Kier molecular flexibility index (Phi) is 1.60. The molecule has 0 aliphatic carbocycles. The summed E-state index contributed by atoms with van der Waals surface area (Å²) in [6.45, 7) is 1.97. The van der Waals surface area contributed by atoms with Crippen molar-refractivity contribution < 1.29 is 0 Å². The first-order chi connectivity index (χ1) is 5.83. The van der Waals surface area contributed by atoms with Crippen LogP contribution >= 0.6 is 11.3 Å². The lowest BCUT2D eigenvalue weighted by atomic mass is 10.1. The summed E-state index contributed by atoms with van der Waals surface area (Å²) in [7, 11) is 0. The Morgan fingerprint density at radius 1 is 1.33 bits per heavy atom. The van der Waals surface area contributed by atoms with Crippen molar-refractivity contribution in [2.24, 2.45) is 0 Å². The van der Waals surface area contributed by atoms with Crippen molar-refractivity contribution in [2.45, 2.75) is 6.92 Å². The molecule has 0 N–H and O–H groups in total. The molecule has 1 aromatic carbocycles. The molecule has 0 unspecified atom stereocenters. The summed E-state index contributed by atoms with van der Waals surface area (Å²) >= 11 is 1.63. The maximum atomic E-state index is 8.89. The zero-order valence-electron chi connectivity index (χ0n) is 6.66. The van der Waals surface area contributed by atoms with E-state index in [9.17, 15) is 0 Å². The largest absolute Gasteiger partial charge is 0.192 e. The van der Waals surface area contributed by atoms with E-state index in [0.29, 0.717) is 0 Å². The second kappa shape index (κ2) is 2.62. The minimum absolute atomic E-state index is 0.822. The van der Waals surface area contributed by atoms with Gasteiger partial charge < -0.3 is 0 Å². The van der Waals surface area contributed by atoms with Crippen molar-refractivity contribution in [3.63, 3.8) is 0 Å². The van der Waals surface area contributed by atoms with Crippen LogP contribution in [0.3, 0.4) is 0 Å². The van der Waals surface area contributed by atoms with E-state index in [2.05, 4.69) is 12.1 Å². The highest BCUT2D eigenvalue weighted by atomic mass is 32.1. The number of benzene rings is 1. The predicted octanol–water partition coefficient (Wildman–Crippen LogP) is 3.08. The monoisotopic (exact) mass is 173 g/mol. The number of hydrogen-bond acceptors (Lipinski definition) is 2. The zero-order chi connectivity index (χ0) is 8.55. The first-order valence-electron chi connectivity index (χ1n) is 3.70. The van der Waals surface area contributed by atoms with Crippen molar-refractivity contribution in [3.05, 3.63) is 34.7 Å². The van der Waals surface area contributed by atoms with Gasteiger partial charge in [-0.25, -0.2) is 0 Å². The molecule has 0 fully saturated rings. The Balaban J connectivity index is 2.94. The third-order valence-electron chi connectivity index (χ3n) is 1.94. The van der Waals surface area contributed by atoms with Crippen LogP contribution in [0.25, 0.3) is 10.1 Å². The van der Waals surface area contributed by atoms with E-state index in [1.165, 1.54) is 5.39 Å². The molecule has 0 spiro atoms. The number of hydrogen-bond donors (Lipinski definition) is 0. The lowest BCUT2D eigenvalue weighted by Crippen LogP contribution is -1.80. The lowest BCUT2D eigenvalue weighted by Gasteiger charge is -1.96.